The SMILES string of the molecule is COc1ccc2c(c1)C(=O)N(C[C@H](NC(=O)NC=O)c1ccc(Oc3ccc(F)cn3)cc1)C2. The third kappa shape index (κ3) is 5.12. The van der Waals surface area contributed by atoms with Crippen LogP contribution in [0.2, 0.25) is 0 Å². The number of imide groups is 1. The van der Waals surface area contributed by atoms with Crippen LogP contribution in [0.1, 0.15) is 27.5 Å². The maximum atomic E-state index is 13.0. The minimum Gasteiger partial charge on any atom is -0.497 e. The summed E-state index contributed by atoms with van der Waals surface area (Å²) in [5.74, 6) is 0.613. The van der Waals surface area contributed by atoms with Crippen LogP contribution < -0.4 is 20.1 Å². The summed E-state index contributed by atoms with van der Waals surface area (Å²) in [6, 6.07) is 13.4. The molecule has 0 radical (unpaired) electrons. The molecular formula is C24H21FN4O5. The summed E-state index contributed by atoms with van der Waals surface area (Å²) in [6.07, 6.45) is 1.33. The van der Waals surface area contributed by atoms with E-state index in [0.29, 0.717) is 29.2 Å². The first-order valence-corrected chi connectivity index (χ1v) is 10.3. The van der Waals surface area contributed by atoms with E-state index in [4.69, 9.17) is 9.47 Å². The number of pyridine rings is 1. The van der Waals surface area contributed by atoms with Gasteiger partial charge in [0.2, 0.25) is 12.3 Å². The number of carbonyl (C=O) groups is 3. The second-order valence-corrected chi connectivity index (χ2v) is 7.48. The number of methoxy groups -OCH3 is 1. The highest BCUT2D eigenvalue weighted by Gasteiger charge is 2.30. The van der Waals surface area contributed by atoms with Crippen LogP contribution in [0.4, 0.5) is 9.18 Å². The molecule has 174 valence electrons. The lowest BCUT2D eigenvalue weighted by atomic mass is 10.1. The van der Waals surface area contributed by atoms with Crippen LogP contribution in [0.5, 0.6) is 17.4 Å². The molecule has 2 N–H and O–H groups in total. The number of rotatable bonds is 8. The van der Waals surface area contributed by atoms with Crippen molar-refractivity contribution in [3.05, 3.63) is 83.3 Å². The predicted octanol–water partition coefficient (Wildman–Crippen LogP) is 3.17. The van der Waals surface area contributed by atoms with E-state index in [2.05, 4.69) is 10.3 Å². The number of amides is 4. The van der Waals surface area contributed by atoms with Crippen LogP contribution >= 0.6 is 0 Å². The Bertz CT molecular complexity index is 1200. The quantitative estimate of drug-likeness (QED) is 0.496. The van der Waals surface area contributed by atoms with E-state index in [-0.39, 0.29) is 24.7 Å². The van der Waals surface area contributed by atoms with E-state index in [1.807, 2.05) is 11.4 Å². The summed E-state index contributed by atoms with van der Waals surface area (Å²) in [7, 11) is 1.53. The number of nitrogens with zero attached hydrogens (tertiary/aromatic N) is 2. The summed E-state index contributed by atoms with van der Waals surface area (Å²) >= 11 is 0. The number of aromatic nitrogens is 1. The monoisotopic (exact) mass is 464 g/mol. The Morgan fingerprint density at radius 3 is 2.62 bits per heavy atom. The molecule has 2 aromatic carbocycles. The highest BCUT2D eigenvalue weighted by atomic mass is 19.1. The summed E-state index contributed by atoms with van der Waals surface area (Å²) in [4.78, 5) is 41.2. The van der Waals surface area contributed by atoms with Gasteiger partial charge in [-0.3, -0.25) is 14.9 Å². The normalized spacial score (nSPS) is 13.1. The van der Waals surface area contributed by atoms with Crippen molar-refractivity contribution in [3.8, 4) is 17.4 Å². The topological polar surface area (TPSA) is 110 Å². The standard InChI is InChI=1S/C24H21FN4O5/c1-33-19-8-4-16-12-29(23(31)20(16)10-19)13-21(28-24(32)27-14-30)15-2-6-18(7-3-15)34-22-9-5-17(25)11-26-22/h2-11,14,21H,12-13H2,1H3,(H2,27,28,30,32)/t21-/m0/s1. The van der Waals surface area contributed by atoms with Crippen LogP contribution in [-0.4, -0.2) is 41.9 Å². The van der Waals surface area contributed by atoms with Crippen molar-refractivity contribution in [2.45, 2.75) is 12.6 Å². The molecule has 4 amide bonds. The number of hydrogen-bond donors (Lipinski definition) is 2. The molecule has 1 aromatic heterocycles. The minimum absolute atomic E-state index is 0.168. The minimum atomic E-state index is -0.693. The van der Waals surface area contributed by atoms with Crippen LogP contribution in [0, 0.1) is 5.82 Å². The van der Waals surface area contributed by atoms with E-state index in [9.17, 15) is 18.8 Å². The van der Waals surface area contributed by atoms with E-state index >= 15 is 0 Å². The molecule has 0 spiro atoms. The zero-order valence-electron chi connectivity index (χ0n) is 18.2. The predicted molar refractivity (Wildman–Crippen MR) is 119 cm³/mol. The third-order valence-corrected chi connectivity index (χ3v) is 5.30. The van der Waals surface area contributed by atoms with Crippen molar-refractivity contribution in [2.24, 2.45) is 0 Å². The Morgan fingerprint density at radius 2 is 1.94 bits per heavy atom. The second-order valence-electron chi connectivity index (χ2n) is 7.48. The van der Waals surface area contributed by atoms with Crippen molar-refractivity contribution in [1.82, 2.24) is 20.5 Å². The van der Waals surface area contributed by atoms with Crippen molar-refractivity contribution < 1.29 is 28.2 Å². The summed E-state index contributed by atoms with van der Waals surface area (Å²) < 4.78 is 23.8. The summed E-state index contributed by atoms with van der Waals surface area (Å²) in [5.41, 5.74) is 2.09. The number of urea groups is 1. The molecule has 4 rings (SSSR count). The van der Waals surface area contributed by atoms with Gasteiger partial charge >= 0.3 is 6.03 Å². The molecule has 3 aromatic rings. The summed E-state index contributed by atoms with van der Waals surface area (Å²) in [5, 5.41) is 4.76. The van der Waals surface area contributed by atoms with E-state index in [1.165, 1.54) is 19.2 Å². The third-order valence-electron chi connectivity index (χ3n) is 5.30. The largest absolute Gasteiger partial charge is 0.497 e. The van der Waals surface area contributed by atoms with Gasteiger partial charge in [0.05, 0.1) is 19.3 Å². The number of halogens is 1. The molecule has 0 aliphatic carbocycles. The molecule has 1 aliphatic heterocycles. The number of hydrogen-bond acceptors (Lipinski definition) is 6. The van der Waals surface area contributed by atoms with Gasteiger partial charge in [0.1, 0.15) is 17.3 Å². The Kier molecular flexibility index (Phi) is 6.67. The Labute approximate surface area is 194 Å². The molecule has 1 atom stereocenters. The number of ether oxygens (including phenoxy) is 2. The van der Waals surface area contributed by atoms with Crippen molar-refractivity contribution in [2.75, 3.05) is 13.7 Å². The highest BCUT2D eigenvalue weighted by Crippen LogP contribution is 2.29. The fraction of sp³-hybridized carbons (Fsp3) is 0.167. The molecule has 9 nitrogen and oxygen atoms in total. The molecule has 0 saturated heterocycles. The Hall–Kier alpha value is -4.47. The lowest BCUT2D eigenvalue weighted by Gasteiger charge is -2.25. The van der Waals surface area contributed by atoms with Crippen LogP contribution in [0.3, 0.4) is 0 Å². The molecular weight excluding hydrogens is 443 g/mol. The molecule has 10 heteroatoms. The number of benzene rings is 2. The highest BCUT2D eigenvalue weighted by molar-refractivity contribution is 5.98. The fourth-order valence-electron chi connectivity index (χ4n) is 3.63. The van der Waals surface area contributed by atoms with Gasteiger partial charge < -0.3 is 19.7 Å². The number of nitrogens with one attached hydrogen (secondary N) is 2. The lowest BCUT2D eigenvalue weighted by Crippen LogP contribution is -2.42. The maximum absolute atomic E-state index is 13.0. The first kappa shape index (κ1) is 22.7. The van der Waals surface area contributed by atoms with E-state index in [0.717, 1.165) is 11.8 Å². The fourth-order valence-corrected chi connectivity index (χ4v) is 3.63. The molecule has 0 bridgehead atoms. The number of carbonyl (C=O) groups excluding carboxylic acids is 3. The number of fused-ring (bicyclic) bond motifs is 1. The first-order valence-electron chi connectivity index (χ1n) is 10.3. The van der Waals surface area contributed by atoms with E-state index in [1.54, 1.807) is 41.3 Å². The second kappa shape index (κ2) is 9.99. The van der Waals surface area contributed by atoms with Gasteiger partial charge in [0.15, 0.2) is 0 Å². The molecule has 34 heavy (non-hydrogen) atoms. The molecule has 0 fully saturated rings. The van der Waals surface area contributed by atoms with Gasteiger partial charge in [-0.25, -0.2) is 14.2 Å². The molecule has 0 saturated carbocycles. The average molecular weight is 464 g/mol. The van der Waals surface area contributed by atoms with Crippen LogP contribution in [0.15, 0.2) is 60.8 Å². The van der Waals surface area contributed by atoms with Crippen LogP contribution in [0.25, 0.3) is 0 Å². The zero-order valence-corrected chi connectivity index (χ0v) is 18.2. The Balaban J connectivity index is 1.51. The average Bonchev–Trinajstić information content (AvgIpc) is 3.15. The van der Waals surface area contributed by atoms with E-state index < -0.39 is 17.9 Å². The smallest absolute Gasteiger partial charge is 0.321 e. The van der Waals surface area contributed by atoms with Crippen LogP contribution in [-0.2, 0) is 11.3 Å². The van der Waals surface area contributed by atoms with Gasteiger partial charge in [-0.2, -0.15) is 0 Å². The maximum Gasteiger partial charge on any atom is 0.321 e. The van der Waals surface area contributed by atoms with Crippen molar-refractivity contribution in [3.63, 3.8) is 0 Å². The van der Waals surface area contributed by atoms with Crippen molar-refractivity contribution >= 4 is 18.3 Å². The van der Waals surface area contributed by atoms with Gasteiger partial charge in [-0.1, -0.05) is 18.2 Å². The van der Waals surface area contributed by atoms with Gasteiger partial charge in [-0.15, -0.1) is 0 Å². The zero-order chi connectivity index (χ0) is 24.1. The van der Waals surface area contributed by atoms with Gasteiger partial charge in [0, 0.05) is 24.7 Å². The molecule has 1 aliphatic rings. The Morgan fingerprint density at radius 1 is 1.18 bits per heavy atom. The first-order chi connectivity index (χ1) is 16.5. The van der Waals surface area contributed by atoms with Gasteiger partial charge in [0.25, 0.3) is 5.91 Å². The molecule has 2 heterocycles. The summed E-state index contributed by atoms with van der Waals surface area (Å²) in [6.45, 7) is 0.547. The molecule has 0 unspecified atom stereocenters. The van der Waals surface area contributed by atoms with Gasteiger partial charge in [-0.05, 0) is 41.5 Å². The van der Waals surface area contributed by atoms with Crippen molar-refractivity contribution in [1.29, 1.82) is 0 Å². The lowest BCUT2D eigenvalue weighted by molar-refractivity contribution is -0.108.